The lowest BCUT2D eigenvalue weighted by molar-refractivity contribution is 0.393. The Kier molecular flexibility index (Phi) is 4.86. The van der Waals surface area contributed by atoms with Gasteiger partial charge in [-0.1, -0.05) is 11.8 Å². The smallest absolute Gasteiger partial charge is 0.191 e. The van der Waals surface area contributed by atoms with E-state index in [1.54, 1.807) is 26.0 Å². The van der Waals surface area contributed by atoms with Gasteiger partial charge in [-0.15, -0.1) is 10.2 Å². The molecule has 0 saturated heterocycles. The first-order chi connectivity index (χ1) is 9.67. The van der Waals surface area contributed by atoms with Crippen LogP contribution in [0.15, 0.2) is 23.4 Å². The van der Waals surface area contributed by atoms with Crippen LogP contribution in [-0.4, -0.2) is 29.0 Å². The van der Waals surface area contributed by atoms with E-state index in [4.69, 9.17) is 15.2 Å². The Balaban J connectivity index is 2.11. The number of methoxy groups -OCH3 is 2. The zero-order valence-electron chi connectivity index (χ0n) is 11.8. The van der Waals surface area contributed by atoms with Gasteiger partial charge >= 0.3 is 0 Å². The second kappa shape index (κ2) is 6.62. The summed E-state index contributed by atoms with van der Waals surface area (Å²) >= 11 is 1.60. The van der Waals surface area contributed by atoms with Crippen LogP contribution in [0.4, 0.5) is 0 Å². The van der Waals surface area contributed by atoms with Crippen LogP contribution in [0, 0.1) is 0 Å². The molecule has 0 amide bonds. The lowest BCUT2D eigenvalue weighted by Crippen LogP contribution is -2.05. The monoisotopic (exact) mass is 294 g/mol. The van der Waals surface area contributed by atoms with E-state index >= 15 is 0 Å². The lowest BCUT2D eigenvalue weighted by atomic mass is 10.2. The molecule has 1 aromatic carbocycles. The van der Waals surface area contributed by atoms with Crippen molar-refractivity contribution in [2.75, 3.05) is 14.2 Å². The van der Waals surface area contributed by atoms with Gasteiger partial charge in [0.1, 0.15) is 17.3 Å². The molecule has 6 nitrogen and oxygen atoms in total. The quantitative estimate of drug-likeness (QED) is 0.815. The predicted octanol–water partition coefficient (Wildman–Crippen LogP) is 1.58. The number of rotatable bonds is 6. The highest BCUT2D eigenvalue weighted by molar-refractivity contribution is 7.98. The Hall–Kier alpha value is -1.73. The molecule has 108 valence electrons. The largest absolute Gasteiger partial charge is 0.497 e. The minimum Gasteiger partial charge on any atom is -0.497 e. The molecule has 0 unspecified atom stereocenters. The molecule has 20 heavy (non-hydrogen) atoms. The van der Waals surface area contributed by atoms with Crippen molar-refractivity contribution in [2.45, 2.75) is 17.5 Å². The van der Waals surface area contributed by atoms with Crippen LogP contribution in [0.2, 0.25) is 0 Å². The summed E-state index contributed by atoms with van der Waals surface area (Å²) in [5.41, 5.74) is 6.68. The highest BCUT2D eigenvalue weighted by Gasteiger charge is 2.09. The van der Waals surface area contributed by atoms with Gasteiger partial charge in [0, 0.05) is 18.9 Å². The van der Waals surface area contributed by atoms with Crippen LogP contribution >= 0.6 is 11.8 Å². The summed E-state index contributed by atoms with van der Waals surface area (Å²) in [6.07, 6.45) is 0. The average Bonchev–Trinajstić information content (AvgIpc) is 2.84. The first kappa shape index (κ1) is 14.7. The van der Waals surface area contributed by atoms with E-state index in [1.807, 2.05) is 29.8 Å². The molecule has 0 fully saturated rings. The van der Waals surface area contributed by atoms with Crippen LogP contribution in [0.5, 0.6) is 11.5 Å². The number of nitrogens with zero attached hydrogens (tertiary/aromatic N) is 3. The number of nitrogens with two attached hydrogens (primary N) is 1. The highest BCUT2D eigenvalue weighted by atomic mass is 32.2. The van der Waals surface area contributed by atoms with Crippen LogP contribution < -0.4 is 15.2 Å². The van der Waals surface area contributed by atoms with Crippen LogP contribution in [0.1, 0.15) is 11.4 Å². The molecule has 2 N–H and O–H groups in total. The minimum absolute atomic E-state index is 0.386. The number of hydrogen-bond donors (Lipinski definition) is 1. The first-order valence-corrected chi connectivity index (χ1v) is 7.09. The fourth-order valence-electron chi connectivity index (χ4n) is 1.75. The lowest BCUT2D eigenvalue weighted by Gasteiger charge is -2.08. The van der Waals surface area contributed by atoms with E-state index in [2.05, 4.69) is 10.2 Å². The molecule has 0 spiro atoms. The third-order valence-electron chi connectivity index (χ3n) is 2.89. The van der Waals surface area contributed by atoms with Gasteiger partial charge in [0.2, 0.25) is 0 Å². The second-order valence-electron chi connectivity index (χ2n) is 4.17. The van der Waals surface area contributed by atoms with E-state index < -0.39 is 0 Å². The van der Waals surface area contributed by atoms with E-state index in [1.165, 1.54) is 0 Å². The van der Waals surface area contributed by atoms with Gasteiger partial charge < -0.3 is 19.8 Å². The number of aromatic nitrogens is 3. The number of benzene rings is 1. The summed E-state index contributed by atoms with van der Waals surface area (Å²) in [6.45, 7) is 0.386. The molecule has 2 aromatic rings. The van der Waals surface area contributed by atoms with Crippen molar-refractivity contribution in [3.8, 4) is 11.5 Å². The maximum atomic E-state index is 5.58. The first-order valence-electron chi connectivity index (χ1n) is 6.11. The molecule has 0 aliphatic carbocycles. The molecule has 1 heterocycles. The predicted molar refractivity (Wildman–Crippen MR) is 78.0 cm³/mol. The molecule has 7 heteroatoms. The molecule has 0 radical (unpaired) electrons. The Morgan fingerprint density at radius 1 is 1.15 bits per heavy atom. The van der Waals surface area contributed by atoms with E-state index in [0.29, 0.717) is 6.54 Å². The molecule has 2 rings (SSSR count). The summed E-state index contributed by atoms with van der Waals surface area (Å²) < 4.78 is 12.4. The normalized spacial score (nSPS) is 10.6. The molecule has 0 aliphatic rings. The van der Waals surface area contributed by atoms with Crippen LogP contribution in [-0.2, 0) is 19.3 Å². The van der Waals surface area contributed by atoms with E-state index in [0.717, 1.165) is 33.8 Å². The standard InChI is InChI=1S/C13H18N4O2S/c1-17-12(7-14)15-16-13(17)20-8-9-4-10(18-2)6-11(5-9)19-3/h4-6H,7-8,14H2,1-3H3. The number of ether oxygens (including phenoxy) is 2. The van der Waals surface area contributed by atoms with Gasteiger partial charge in [-0.2, -0.15) is 0 Å². The summed E-state index contributed by atoms with van der Waals surface area (Å²) in [7, 11) is 5.19. The number of hydrogen-bond acceptors (Lipinski definition) is 6. The average molecular weight is 294 g/mol. The Labute approximate surface area is 122 Å². The van der Waals surface area contributed by atoms with Gasteiger partial charge in [-0.05, 0) is 17.7 Å². The third kappa shape index (κ3) is 3.23. The number of thioether (sulfide) groups is 1. The molecular weight excluding hydrogens is 276 g/mol. The zero-order valence-corrected chi connectivity index (χ0v) is 12.6. The fourth-order valence-corrected chi connectivity index (χ4v) is 2.61. The van der Waals surface area contributed by atoms with Crippen molar-refractivity contribution in [1.82, 2.24) is 14.8 Å². The summed E-state index contributed by atoms with van der Waals surface area (Å²) in [5.74, 6) is 3.08. The van der Waals surface area contributed by atoms with Gasteiger partial charge in [0.05, 0.1) is 20.8 Å². The second-order valence-corrected chi connectivity index (χ2v) is 5.11. The highest BCUT2D eigenvalue weighted by Crippen LogP contribution is 2.27. The van der Waals surface area contributed by atoms with Crippen molar-refractivity contribution < 1.29 is 9.47 Å². The molecular formula is C13H18N4O2S. The molecule has 1 aromatic heterocycles. The van der Waals surface area contributed by atoms with E-state index in [-0.39, 0.29) is 0 Å². The van der Waals surface area contributed by atoms with Gasteiger partial charge in [0.25, 0.3) is 0 Å². The minimum atomic E-state index is 0.386. The van der Waals surface area contributed by atoms with Crippen molar-refractivity contribution in [2.24, 2.45) is 12.8 Å². The molecule has 0 bridgehead atoms. The SMILES string of the molecule is COc1cc(CSc2nnc(CN)n2C)cc(OC)c1. The van der Waals surface area contributed by atoms with Crippen LogP contribution in [0.3, 0.4) is 0 Å². The van der Waals surface area contributed by atoms with Gasteiger partial charge in [-0.25, -0.2) is 0 Å². The maximum Gasteiger partial charge on any atom is 0.191 e. The summed E-state index contributed by atoms with van der Waals surface area (Å²) in [4.78, 5) is 0. The van der Waals surface area contributed by atoms with Crippen molar-refractivity contribution >= 4 is 11.8 Å². The summed E-state index contributed by atoms with van der Waals surface area (Å²) in [6, 6.07) is 5.81. The van der Waals surface area contributed by atoms with E-state index in [9.17, 15) is 0 Å². The Morgan fingerprint density at radius 2 is 1.80 bits per heavy atom. The third-order valence-corrected chi connectivity index (χ3v) is 3.98. The van der Waals surface area contributed by atoms with Gasteiger partial charge in [0.15, 0.2) is 5.16 Å². The zero-order chi connectivity index (χ0) is 14.5. The van der Waals surface area contributed by atoms with Gasteiger partial charge in [-0.3, -0.25) is 0 Å². The van der Waals surface area contributed by atoms with Crippen LogP contribution in [0.25, 0.3) is 0 Å². The summed E-state index contributed by atoms with van der Waals surface area (Å²) in [5, 5.41) is 8.99. The topological polar surface area (TPSA) is 75.2 Å². The Morgan fingerprint density at radius 3 is 2.30 bits per heavy atom. The van der Waals surface area contributed by atoms with Crippen molar-refractivity contribution in [3.63, 3.8) is 0 Å². The van der Waals surface area contributed by atoms with Crippen molar-refractivity contribution in [1.29, 1.82) is 0 Å². The fraction of sp³-hybridized carbons (Fsp3) is 0.385. The molecule has 0 atom stereocenters. The Bertz CT molecular complexity index is 563. The molecule has 0 aliphatic heterocycles. The molecule has 0 saturated carbocycles. The van der Waals surface area contributed by atoms with Crippen molar-refractivity contribution in [3.05, 3.63) is 29.6 Å². The maximum absolute atomic E-state index is 5.58.